The van der Waals surface area contributed by atoms with Crippen LogP contribution >= 0.6 is 12.2 Å². The molecule has 1 N–H and O–H groups in total. The van der Waals surface area contributed by atoms with Crippen molar-refractivity contribution >= 4 is 12.2 Å². The Labute approximate surface area is 102 Å². The maximum absolute atomic E-state index is 5.71. The number of rotatable bonds is 2. The maximum Gasteiger partial charge on any atom is 0.195 e. The first-order valence-corrected chi connectivity index (χ1v) is 5.83. The van der Waals surface area contributed by atoms with Gasteiger partial charge in [0, 0.05) is 5.54 Å². The van der Waals surface area contributed by atoms with Gasteiger partial charge in [0.15, 0.2) is 10.6 Å². The zero-order chi connectivity index (χ0) is 12.6. The lowest BCUT2D eigenvalue weighted by Crippen LogP contribution is -2.26. The molecule has 5 heteroatoms. The van der Waals surface area contributed by atoms with E-state index in [1.807, 2.05) is 25.3 Å². The van der Waals surface area contributed by atoms with Crippen molar-refractivity contribution in [3.05, 3.63) is 10.6 Å². The molecule has 0 saturated heterocycles. The van der Waals surface area contributed by atoms with Crippen molar-refractivity contribution in [2.45, 2.75) is 59.3 Å². The predicted molar refractivity (Wildman–Crippen MR) is 66.9 cm³/mol. The van der Waals surface area contributed by atoms with E-state index in [0.717, 1.165) is 5.82 Å². The third kappa shape index (κ3) is 3.42. The summed E-state index contributed by atoms with van der Waals surface area (Å²) in [4.78, 5) is 0. The lowest BCUT2D eigenvalue weighted by atomic mass is 10.1. The SMILES string of the molecule is CC(C)(C)OCc1n[nH]c(=S)n1C(C)(C)C. The summed E-state index contributed by atoms with van der Waals surface area (Å²) in [6.07, 6.45) is 0. The molecule has 0 aliphatic carbocycles. The number of nitrogens with zero attached hydrogens (tertiary/aromatic N) is 2. The molecule has 0 fully saturated rings. The van der Waals surface area contributed by atoms with Crippen LogP contribution in [-0.4, -0.2) is 20.4 Å². The van der Waals surface area contributed by atoms with Gasteiger partial charge in [-0.25, -0.2) is 0 Å². The number of nitrogens with one attached hydrogen (secondary N) is 1. The Morgan fingerprint density at radius 2 is 1.81 bits per heavy atom. The van der Waals surface area contributed by atoms with E-state index in [-0.39, 0.29) is 11.1 Å². The number of H-pyrrole nitrogens is 1. The Balaban J connectivity index is 2.95. The van der Waals surface area contributed by atoms with E-state index in [1.54, 1.807) is 0 Å². The van der Waals surface area contributed by atoms with Gasteiger partial charge in [0.2, 0.25) is 0 Å². The number of aromatic nitrogens is 3. The van der Waals surface area contributed by atoms with Crippen molar-refractivity contribution < 1.29 is 4.74 Å². The molecule has 0 bridgehead atoms. The molecular formula is C11H21N3OS. The lowest BCUT2D eigenvalue weighted by Gasteiger charge is -2.24. The van der Waals surface area contributed by atoms with Crippen molar-refractivity contribution in [2.75, 3.05) is 0 Å². The van der Waals surface area contributed by atoms with E-state index in [1.165, 1.54) is 0 Å². The highest BCUT2D eigenvalue weighted by atomic mass is 32.1. The van der Waals surface area contributed by atoms with Crippen LogP contribution in [0.4, 0.5) is 0 Å². The van der Waals surface area contributed by atoms with Crippen molar-refractivity contribution in [2.24, 2.45) is 0 Å². The van der Waals surface area contributed by atoms with Gasteiger partial charge < -0.3 is 4.74 Å². The fourth-order valence-corrected chi connectivity index (χ4v) is 1.82. The van der Waals surface area contributed by atoms with Crippen LogP contribution in [0.5, 0.6) is 0 Å². The maximum atomic E-state index is 5.71. The quantitative estimate of drug-likeness (QED) is 0.812. The zero-order valence-corrected chi connectivity index (χ0v) is 11.7. The molecular weight excluding hydrogens is 222 g/mol. The Bertz CT molecular complexity index is 406. The topological polar surface area (TPSA) is 42.8 Å². The molecule has 16 heavy (non-hydrogen) atoms. The summed E-state index contributed by atoms with van der Waals surface area (Å²) in [6, 6.07) is 0. The van der Waals surface area contributed by atoms with Crippen LogP contribution in [-0.2, 0) is 16.9 Å². The van der Waals surface area contributed by atoms with Crippen LogP contribution in [0.15, 0.2) is 0 Å². The van der Waals surface area contributed by atoms with E-state index >= 15 is 0 Å². The highest BCUT2D eigenvalue weighted by Crippen LogP contribution is 2.18. The van der Waals surface area contributed by atoms with Gasteiger partial charge in [0.1, 0.15) is 6.61 Å². The standard InChI is InChI=1S/C11H21N3OS/c1-10(2,3)14-8(12-13-9(14)16)7-15-11(4,5)6/h7H2,1-6H3,(H,13,16). The van der Waals surface area contributed by atoms with E-state index in [4.69, 9.17) is 17.0 Å². The molecule has 1 heterocycles. The molecule has 0 amide bonds. The van der Waals surface area contributed by atoms with Gasteiger partial charge in [-0.2, -0.15) is 5.10 Å². The minimum Gasteiger partial charge on any atom is -0.368 e. The van der Waals surface area contributed by atoms with Gasteiger partial charge in [-0.3, -0.25) is 9.67 Å². The van der Waals surface area contributed by atoms with Gasteiger partial charge in [-0.1, -0.05) is 0 Å². The first-order valence-electron chi connectivity index (χ1n) is 5.42. The fraction of sp³-hybridized carbons (Fsp3) is 0.818. The minimum atomic E-state index is -0.170. The van der Waals surface area contributed by atoms with Crippen molar-refractivity contribution in [3.63, 3.8) is 0 Å². The Kier molecular flexibility index (Phi) is 3.59. The van der Waals surface area contributed by atoms with E-state index in [2.05, 4.69) is 31.0 Å². The van der Waals surface area contributed by atoms with Gasteiger partial charge in [-0.15, -0.1) is 0 Å². The number of hydrogen-bond donors (Lipinski definition) is 1. The Morgan fingerprint density at radius 3 is 2.25 bits per heavy atom. The Morgan fingerprint density at radius 1 is 1.25 bits per heavy atom. The highest BCUT2D eigenvalue weighted by molar-refractivity contribution is 7.71. The van der Waals surface area contributed by atoms with Crippen LogP contribution < -0.4 is 0 Å². The molecule has 0 saturated carbocycles. The third-order valence-corrected chi connectivity index (χ3v) is 2.32. The van der Waals surface area contributed by atoms with Crippen LogP contribution in [0.25, 0.3) is 0 Å². The average Bonchev–Trinajstić information content (AvgIpc) is 2.41. The summed E-state index contributed by atoms with van der Waals surface area (Å²) in [7, 11) is 0. The number of hydrogen-bond acceptors (Lipinski definition) is 3. The summed E-state index contributed by atoms with van der Waals surface area (Å²) in [5.41, 5.74) is -0.253. The molecule has 1 rings (SSSR count). The first-order chi connectivity index (χ1) is 7.11. The van der Waals surface area contributed by atoms with E-state index in [9.17, 15) is 0 Å². The smallest absolute Gasteiger partial charge is 0.195 e. The molecule has 4 nitrogen and oxygen atoms in total. The second kappa shape index (κ2) is 4.30. The Hall–Kier alpha value is -0.680. The first kappa shape index (κ1) is 13.4. The number of aromatic amines is 1. The molecule has 92 valence electrons. The average molecular weight is 243 g/mol. The summed E-state index contributed by atoms with van der Waals surface area (Å²) in [5.74, 6) is 0.840. The lowest BCUT2D eigenvalue weighted by molar-refractivity contribution is -0.0205. The highest BCUT2D eigenvalue weighted by Gasteiger charge is 2.20. The molecule has 0 unspecified atom stereocenters. The predicted octanol–water partition coefficient (Wildman–Crippen LogP) is 3.01. The molecule has 1 aromatic heterocycles. The van der Waals surface area contributed by atoms with Crippen LogP contribution in [0.1, 0.15) is 47.4 Å². The van der Waals surface area contributed by atoms with Crippen molar-refractivity contribution in [1.82, 2.24) is 14.8 Å². The van der Waals surface area contributed by atoms with Crippen LogP contribution in [0, 0.1) is 4.77 Å². The summed E-state index contributed by atoms with van der Waals surface area (Å²) >= 11 is 5.22. The molecule has 1 aromatic rings. The molecule has 0 aromatic carbocycles. The van der Waals surface area contributed by atoms with E-state index < -0.39 is 0 Å². The molecule has 0 radical (unpaired) electrons. The van der Waals surface area contributed by atoms with Crippen LogP contribution in [0.2, 0.25) is 0 Å². The van der Waals surface area contributed by atoms with Gasteiger partial charge in [-0.05, 0) is 53.8 Å². The summed E-state index contributed by atoms with van der Waals surface area (Å²) in [5, 5.41) is 7.02. The summed E-state index contributed by atoms with van der Waals surface area (Å²) < 4.78 is 8.35. The molecule has 0 spiro atoms. The van der Waals surface area contributed by atoms with E-state index in [0.29, 0.717) is 11.4 Å². The normalized spacial score (nSPS) is 13.1. The van der Waals surface area contributed by atoms with Crippen molar-refractivity contribution in [1.29, 1.82) is 0 Å². The second-order valence-corrected chi connectivity index (χ2v) is 6.24. The largest absolute Gasteiger partial charge is 0.368 e. The van der Waals surface area contributed by atoms with Gasteiger partial charge >= 0.3 is 0 Å². The van der Waals surface area contributed by atoms with Gasteiger partial charge in [0.25, 0.3) is 0 Å². The third-order valence-electron chi connectivity index (χ3n) is 2.05. The minimum absolute atomic E-state index is 0.0827. The van der Waals surface area contributed by atoms with Crippen LogP contribution in [0.3, 0.4) is 0 Å². The second-order valence-electron chi connectivity index (χ2n) is 5.85. The zero-order valence-electron chi connectivity index (χ0n) is 10.9. The fourth-order valence-electron chi connectivity index (χ4n) is 1.40. The monoisotopic (exact) mass is 243 g/mol. The molecule has 0 atom stereocenters. The van der Waals surface area contributed by atoms with Crippen molar-refractivity contribution in [3.8, 4) is 0 Å². The summed E-state index contributed by atoms with van der Waals surface area (Å²) in [6.45, 7) is 12.8. The molecule has 0 aliphatic rings. The van der Waals surface area contributed by atoms with Gasteiger partial charge in [0.05, 0.1) is 5.60 Å². The number of ether oxygens (including phenoxy) is 1. The molecule has 0 aliphatic heterocycles.